The van der Waals surface area contributed by atoms with E-state index in [1.807, 2.05) is 64.9 Å². The van der Waals surface area contributed by atoms with Gasteiger partial charge < -0.3 is 14.2 Å². The number of thiazole rings is 1. The summed E-state index contributed by atoms with van der Waals surface area (Å²) in [4.78, 5) is 29.5. The van der Waals surface area contributed by atoms with E-state index in [1.54, 1.807) is 25.6 Å². The highest BCUT2D eigenvalue weighted by Gasteiger charge is 2.26. The first-order valence-electron chi connectivity index (χ1n) is 13.2. The van der Waals surface area contributed by atoms with Gasteiger partial charge in [0.15, 0.2) is 5.13 Å². The summed E-state index contributed by atoms with van der Waals surface area (Å²) >= 11 is 3.05. The monoisotopic (exact) mass is 610 g/mol. The number of aromatic nitrogens is 2. The summed E-state index contributed by atoms with van der Waals surface area (Å²) < 4.78 is 17.6. The van der Waals surface area contributed by atoms with E-state index in [1.165, 1.54) is 11.3 Å². The van der Waals surface area contributed by atoms with E-state index in [0.717, 1.165) is 65.4 Å². The molecule has 0 spiro atoms. The van der Waals surface area contributed by atoms with Gasteiger partial charge in [0.25, 0.3) is 5.91 Å². The summed E-state index contributed by atoms with van der Waals surface area (Å²) in [5, 5.41) is 3.46. The first-order chi connectivity index (χ1) is 19.7. The molecule has 0 atom stereocenters. The molecular formula is C30H31ClN4O4S2. The molecule has 1 fully saturated rings. The highest BCUT2D eigenvalue weighted by atomic mass is 35.5. The van der Waals surface area contributed by atoms with Gasteiger partial charge in [-0.15, -0.1) is 23.7 Å². The topological polar surface area (TPSA) is 77.0 Å². The predicted molar refractivity (Wildman–Crippen MR) is 169 cm³/mol. The number of carbonyl (C=O) groups is 1. The van der Waals surface area contributed by atoms with Crippen LogP contribution in [0.2, 0.25) is 0 Å². The molecule has 5 aromatic rings. The zero-order chi connectivity index (χ0) is 27.5. The summed E-state index contributed by atoms with van der Waals surface area (Å²) in [7, 11) is 3.27. The SMILES string of the molecule is COc1ccc(OC)c2sc(N(CCCN3CCOCC3)C(=O)c3cc(-c4cccs4)nc4ccccc34)nc12.Cl. The third-order valence-electron chi connectivity index (χ3n) is 7.06. The lowest BCUT2D eigenvalue weighted by molar-refractivity contribution is 0.0376. The van der Waals surface area contributed by atoms with E-state index in [9.17, 15) is 4.79 Å². The quantitative estimate of drug-likeness (QED) is 0.192. The summed E-state index contributed by atoms with van der Waals surface area (Å²) in [6, 6.07) is 17.5. The van der Waals surface area contributed by atoms with Crippen LogP contribution in [0.1, 0.15) is 16.8 Å². The van der Waals surface area contributed by atoms with Crippen LogP contribution in [-0.2, 0) is 4.74 Å². The zero-order valence-electron chi connectivity index (χ0n) is 22.9. The van der Waals surface area contributed by atoms with Gasteiger partial charge in [-0.2, -0.15) is 0 Å². The molecular weight excluding hydrogens is 580 g/mol. The van der Waals surface area contributed by atoms with Crippen LogP contribution in [0, 0.1) is 0 Å². The minimum Gasteiger partial charge on any atom is -0.495 e. The summed E-state index contributed by atoms with van der Waals surface area (Å²) in [5.41, 5.74) is 2.88. The number of fused-ring (bicyclic) bond motifs is 2. The van der Waals surface area contributed by atoms with Crippen molar-refractivity contribution in [2.75, 3.05) is 58.5 Å². The maximum atomic E-state index is 14.5. The van der Waals surface area contributed by atoms with Crippen molar-refractivity contribution >= 4 is 67.2 Å². The molecule has 1 amide bonds. The number of nitrogens with zero attached hydrogens (tertiary/aromatic N) is 4. The predicted octanol–water partition coefficient (Wildman–Crippen LogP) is 6.38. The Morgan fingerprint density at radius 1 is 1.02 bits per heavy atom. The van der Waals surface area contributed by atoms with Gasteiger partial charge in [0.1, 0.15) is 21.7 Å². The van der Waals surface area contributed by atoms with Crippen molar-refractivity contribution in [1.82, 2.24) is 14.9 Å². The number of para-hydroxylation sites is 1. The first kappa shape index (κ1) is 29.2. The Morgan fingerprint density at radius 2 is 1.80 bits per heavy atom. The minimum absolute atomic E-state index is 0. The number of benzene rings is 2. The van der Waals surface area contributed by atoms with Gasteiger partial charge in [-0.3, -0.25) is 14.6 Å². The number of amides is 1. The number of methoxy groups -OCH3 is 2. The fourth-order valence-corrected chi connectivity index (χ4v) is 6.78. The zero-order valence-corrected chi connectivity index (χ0v) is 25.3. The van der Waals surface area contributed by atoms with Crippen LogP contribution < -0.4 is 14.4 Å². The van der Waals surface area contributed by atoms with Gasteiger partial charge >= 0.3 is 0 Å². The van der Waals surface area contributed by atoms with Crippen LogP contribution in [0.5, 0.6) is 11.5 Å². The fourth-order valence-electron chi connectivity index (χ4n) is 5.00. The van der Waals surface area contributed by atoms with Crippen LogP contribution >= 0.6 is 35.1 Å². The molecule has 1 saturated heterocycles. The third kappa shape index (κ3) is 6.02. The number of hydrogen-bond acceptors (Lipinski definition) is 9. The van der Waals surface area contributed by atoms with Crippen molar-refractivity contribution in [3.05, 3.63) is 65.5 Å². The van der Waals surface area contributed by atoms with Gasteiger partial charge in [-0.1, -0.05) is 35.6 Å². The van der Waals surface area contributed by atoms with Gasteiger partial charge in [0, 0.05) is 31.6 Å². The molecule has 0 bridgehead atoms. The van der Waals surface area contributed by atoms with E-state index in [0.29, 0.717) is 34.3 Å². The van der Waals surface area contributed by atoms with Crippen molar-refractivity contribution < 1.29 is 19.0 Å². The van der Waals surface area contributed by atoms with Gasteiger partial charge in [-0.05, 0) is 42.1 Å². The molecule has 8 nitrogen and oxygen atoms in total. The highest BCUT2D eigenvalue weighted by molar-refractivity contribution is 7.22. The van der Waals surface area contributed by atoms with Gasteiger partial charge in [-0.25, -0.2) is 9.97 Å². The lowest BCUT2D eigenvalue weighted by Crippen LogP contribution is -2.39. The summed E-state index contributed by atoms with van der Waals surface area (Å²) in [6.07, 6.45) is 0.802. The van der Waals surface area contributed by atoms with E-state index in [2.05, 4.69) is 4.90 Å². The second-order valence-electron chi connectivity index (χ2n) is 9.46. The maximum Gasteiger partial charge on any atom is 0.260 e. The Hall–Kier alpha value is -3.28. The van der Waals surface area contributed by atoms with Crippen LogP contribution in [0.4, 0.5) is 5.13 Å². The molecule has 0 N–H and O–H groups in total. The van der Waals surface area contributed by atoms with E-state index >= 15 is 0 Å². The Bertz CT molecular complexity index is 1600. The van der Waals surface area contributed by atoms with Crippen molar-refractivity contribution in [2.45, 2.75) is 6.42 Å². The molecule has 6 rings (SSSR count). The van der Waals surface area contributed by atoms with Crippen LogP contribution in [-0.4, -0.2) is 74.4 Å². The fraction of sp³-hybridized carbons (Fsp3) is 0.300. The molecule has 1 aliphatic rings. The Balaban J connectivity index is 0.00000337. The second kappa shape index (κ2) is 13.1. The normalized spacial score (nSPS) is 13.7. The van der Waals surface area contributed by atoms with Crippen LogP contribution in [0.25, 0.3) is 31.7 Å². The molecule has 0 aliphatic carbocycles. The van der Waals surface area contributed by atoms with E-state index in [4.69, 9.17) is 24.2 Å². The standard InChI is InChI=1S/C30H30N4O4S2.ClH/c1-36-24-10-11-25(37-2)28-27(24)32-30(40-28)34(13-6-12-33-14-16-38-17-15-33)29(35)21-19-23(26-9-5-18-39-26)31-22-8-4-3-7-20(21)22;/h3-5,7-11,18-19H,6,12-17H2,1-2H3;1H. The Morgan fingerprint density at radius 3 is 2.56 bits per heavy atom. The number of rotatable bonds is 9. The molecule has 0 saturated carbocycles. The van der Waals surface area contributed by atoms with Crippen molar-refractivity contribution in [3.63, 3.8) is 0 Å². The average molecular weight is 611 g/mol. The van der Waals surface area contributed by atoms with Crippen LogP contribution in [0.15, 0.2) is 60.0 Å². The number of anilines is 1. The summed E-state index contributed by atoms with van der Waals surface area (Å²) in [5.74, 6) is 1.25. The smallest absolute Gasteiger partial charge is 0.260 e. The molecule has 41 heavy (non-hydrogen) atoms. The number of thiophene rings is 1. The Labute approximate surface area is 252 Å². The Kier molecular flexibility index (Phi) is 9.36. The van der Waals surface area contributed by atoms with E-state index < -0.39 is 0 Å². The first-order valence-corrected chi connectivity index (χ1v) is 14.9. The number of hydrogen-bond donors (Lipinski definition) is 0. The molecule has 0 unspecified atom stereocenters. The molecule has 4 heterocycles. The molecule has 1 aliphatic heterocycles. The lowest BCUT2D eigenvalue weighted by atomic mass is 10.1. The van der Waals surface area contributed by atoms with Crippen molar-refractivity contribution in [2.24, 2.45) is 0 Å². The molecule has 3 aromatic heterocycles. The van der Waals surface area contributed by atoms with Crippen LogP contribution in [0.3, 0.4) is 0 Å². The average Bonchev–Trinajstić information content (AvgIpc) is 3.70. The number of halogens is 1. The van der Waals surface area contributed by atoms with Gasteiger partial charge in [0.05, 0.1) is 49.1 Å². The van der Waals surface area contributed by atoms with Gasteiger partial charge in [0.2, 0.25) is 0 Å². The lowest BCUT2D eigenvalue weighted by Gasteiger charge is -2.28. The van der Waals surface area contributed by atoms with Crippen molar-refractivity contribution in [3.8, 4) is 22.1 Å². The summed E-state index contributed by atoms with van der Waals surface area (Å²) in [6.45, 7) is 4.70. The number of morpholine rings is 1. The molecule has 2 aromatic carbocycles. The largest absolute Gasteiger partial charge is 0.495 e. The third-order valence-corrected chi connectivity index (χ3v) is 9.04. The number of carbonyl (C=O) groups excluding carboxylic acids is 1. The maximum absolute atomic E-state index is 14.5. The minimum atomic E-state index is -0.102. The number of pyridine rings is 1. The highest BCUT2D eigenvalue weighted by Crippen LogP contribution is 2.41. The molecule has 0 radical (unpaired) electrons. The molecule has 214 valence electrons. The second-order valence-corrected chi connectivity index (χ2v) is 11.4. The van der Waals surface area contributed by atoms with E-state index in [-0.39, 0.29) is 18.3 Å². The van der Waals surface area contributed by atoms with Crippen molar-refractivity contribution in [1.29, 1.82) is 0 Å². The number of ether oxygens (including phenoxy) is 3. The molecule has 11 heteroatoms.